The molecule has 4 rings (SSSR count). The van der Waals surface area contributed by atoms with Crippen LogP contribution >= 0.6 is 34.3 Å². The normalized spacial score (nSPS) is 16.1. The Hall–Kier alpha value is -1.89. The molecule has 0 saturated carbocycles. The Morgan fingerprint density at radius 1 is 1.28 bits per heavy atom. The minimum absolute atomic E-state index is 0.235. The zero-order valence-corrected chi connectivity index (χ0v) is 21.4. The van der Waals surface area contributed by atoms with Crippen LogP contribution in [0.5, 0.6) is 0 Å². The summed E-state index contributed by atoms with van der Waals surface area (Å²) in [7, 11) is 1.38. The minimum Gasteiger partial charge on any atom is -0.465 e. The van der Waals surface area contributed by atoms with Crippen LogP contribution in [0.3, 0.4) is 0 Å². The molecule has 2 aromatic heterocycles. The van der Waals surface area contributed by atoms with Gasteiger partial charge in [-0.3, -0.25) is 4.79 Å². The van der Waals surface area contributed by atoms with Crippen molar-refractivity contribution in [2.24, 2.45) is 11.3 Å². The van der Waals surface area contributed by atoms with E-state index in [-0.39, 0.29) is 11.3 Å². The predicted molar refractivity (Wildman–Crippen MR) is 135 cm³/mol. The average molecular weight is 490 g/mol. The van der Waals surface area contributed by atoms with Gasteiger partial charge in [0.15, 0.2) is 0 Å². The number of carbonyl (C=O) groups excluding carboxylic acids is 2. The SMILES string of the molecule is CCC(C)(C)[C@@H]1CCc2c(sc(NC(=O)c3sc4cc(C)ccc4c3Cl)c2C(=O)OC)C1. The Bertz CT molecular complexity index is 1210. The zero-order chi connectivity index (χ0) is 23.2. The number of ether oxygens (including phenoxy) is 1. The minimum atomic E-state index is -0.399. The Morgan fingerprint density at radius 2 is 2.03 bits per heavy atom. The van der Waals surface area contributed by atoms with E-state index in [2.05, 4.69) is 26.1 Å². The van der Waals surface area contributed by atoms with Crippen molar-refractivity contribution in [1.29, 1.82) is 0 Å². The number of hydrogen-bond acceptors (Lipinski definition) is 5. The first kappa shape index (κ1) is 23.3. The first-order valence-electron chi connectivity index (χ1n) is 10.9. The molecule has 1 N–H and O–H groups in total. The molecular formula is C25H28ClNO3S2. The van der Waals surface area contributed by atoms with Crippen LogP contribution in [-0.4, -0.2) is 19.0 Å². The van der Waals surface area contributed by atoms with E-state index >= 15 is 0 Å². The van der Waals surface area contributed by atoms with E-state index in [0.717, 1.165) is 46.9 Å². The molecule has 0 aliphatic heterocycles. The molecule has 3 aromatic rings. The standard InChI is InChI=1S/C25H28ClNO3S2/c1-6-25(3,4)14-8-10-15-18(12-14)32-23(19(15)24(29)30-5)27-22(28)21-20(26)16-9-7-13(2)11-17(16)31-21/h7,9,11,14H,6,8,10,12H2,1-5H3,(H,27,28)/t14-/m1/s1. The highest BCUT2D eigenvalue weighted by atomic mass is 35.5. The highest BCUT2D eigenvalue weighted by Crippen LogP contribution is 2.46. The maximum absolute atomic E-state index is 13.2. The second-order valence-electron chi connectivity index (χ2n) is 9.18. The van der Waals surface area contributed by atoms with Gasteiger partial charge in [0.05, 0.1) is 17.7 Å². The molecule has 0 radical (unpaired) electrons. The van der Waals surface area contributed by atoms with Crippen LogP contribution in [0.4, 0.5) is 5.00 Å². The Morgan fingerprint density at radius 3 is 2.72 bits per heavy atom. The number of rotatable bonds is 5. The first-order valence-corrected chi connectivity index (χ1v) is 12.9. The van der Waals surface area contributed by atoms with Crippen LogP contribution in [0.25, 0.3) is 10.1 Å². The number of aryl methyl sites for hydroxylation is 1. The van der Waals surface area contributed by atoms with E-state index in [1.165, 1.54) is 34.7 Å². The van der Waals surface area contributed by atoms with Crippen LogP contribution in [-0.2, 0) is 17.6 Å². The zero-order valence-electron chi connectivity index (χ0n) is 19.1. The number of benzene rings is 1. The first-order chi connectivity index (χ1) is 15.2. The van der Waals surface area contributed by atoms with Gasteiger partial charge in [-0.15, -0.1) is 22.7 Å². The third-order valence-corrected chi connectivity index (χ3v) is 9.72. The lowest BCUT2D eigenvalue weighted by molar-refractivity contribution is 0.0600. The number of halogens is 1. The van der Waals surface area contributed by atoms with E-state index < -0.39 is 5.97 Å². The summed E-state index contributed by atoms with van der Waals surface area (Å²) in [5.74, 6) is -0.139. The molecule has 170 valence electrons. The van der Waals surface area contributed by atoms with Gasteiger partial charge < -0.3 is 10.1 Å². The van der Waals surface area contributed by atoms with Crippen LogP contribution in [0.15, 0.2) is 18.2 Å². The van der Waals surface area contributed by atoms with Crippen LogP contribution in [0, 0.1) is 18.3 Å². The van der Waals surface area contributed by atoms with Gasteiger partial charge in [-0.05, 0) is 54.7 Å². The third kappa shape index (κ3) is 4.09. The van der Waals surface area contributed by atoms with Crippen molar-refractivity contribution in [1.82, 2.24) is 0 Å². The largest absolute Gasteiger partial charge is 0.465 e. The molecule has 0 spiro atoms. The number of anilines is 1. The van der Waals surface area contributed by atoms with Gasteiger partial charge in [0.1, 0.15) is 9.88 Å². The number of hydrogen-bond donors (Lipinski definition) is 1. The number of thiophene rings is 2. The molecular weight excluding hydrogens is 462 g/mol. The summed E-state index contributed by atoms with van der Waals surface area (Å²) >= 11 is 9.42. The second-order valence-corrected chi connectivity index (χ2v) is 11.7. The molecule has 1 atom stereocenters. The number of esters is 1. The Labute approximate surface area is 201 Å². The summed E-state index contributed by atoms with van der Waals surface area (Å²) in [6, 6.07) is 5.96. The van der Waals surface area contributed by atoms with Gasteiger partial charge >= 0.3 is 5.97 Å². The monoisotopic (exact) mass is 489 g/mol. The van der Waals surface area contributed by atoms with E-state index in [9.17, 15) is 9.59 Å². The molecule has 7 heteroatoms. The maximum atomic E-state index is 13.2. The molecule has 0 bridgehead atoms. The third-order valence-electron chi connectivity index (χ3n) is 6.89. The van der Waals surface area contributed by atoms with Gasteiger partial charge in [0.2, 0.25) is 0 Å². The van der Waals surface area contributed by atoms with Crippen molar-refractivity contribution in [2.45, 2.75) is 53.4 Å². The quantitative estimate of drug-likeness (QED) is 0.377. The molecule has 2 heterocycles. The average Bonchev–Trinajstić information content (AvgIpc) is 3.29. The molecule has 1 aliphatic rings. The fourth-order valence-electron chi connectivity index (χ4n) is 4.43. The number of fused-ring (bicyclic) bond motifs is 2. The molecule has 0 saturated heterocycles. The van der Waals surface area contributed by atoms with Crippen molar-refractivity contribution in [3.8, 4) is 0 Å². The number of nitrogens with one attached hydrogen (secondary N) is 1. The molecule has 1 aromatic carbocycles. The Kier molecular flexibility index (Phi) is 6.40. The summed E-state index contributed by atoms with van der Waals surface area (Å²) in [6.45, 7) is 8.86. The Balaban J connectivity index is 1.69. The fraction of sp³-hybridized carbons (Fsp3) is 0.440. The lowest BCUT2D eigenvalue weighted by Gasteiger charge is -2.36. The second kappa shape index (κ2) is 8.81. The van der Waals surface area contributed by atoms with Gasteiger partial charge in [-0.25, -0.2) is 4.79 Å². The van der Waals surface area contributed by atoms with Crippen LogP contribution < -0.4 is 5.32 Å². The van der Waals surface area contributed by atoms with Crippen molar-refractivity contribution >= 4 is 61.2 Å². The van der Waals surface area contributed by atoms with Crippen molar-refractivity contribution in [2.75, 3.05) is 12.4 Å². The van der Waals surface area contributed by atoms with E-state index in [0.29, 0.717) is 26.4 Å². The molecule has 4 nitrogen and oxygen atoms in total. The molecule has 1 amide bonds. The van der Waals surface area contributed by atoms with Gasteiger partial charge in [0.25, 0.3) is 5.91 Å². The van der Waals surface area contributed by atoms with Crippen molar-refractivity contribution in [3.63, 3.8) is 0 Å². The van der Waals surface area contributed by atoms with Crippen molar-refractivity contribution < 1.29 is 14.3 Å². The maximum Gasteiger partial charge on any atom is 0.341 e. The lowest BCUT2D eigenvalue weighted by atomic mass is 9.69. The highest BCUT2D eigenvalue weighted by Gasteiger charge is 2.36. The number of amides is 1. The highest BCUT2D eigenvalue weighted by molar-refractivity contribution is 7.22. The topological polar surface area (TPSA) is 55.4 Å². The van der Waals surface area contributed by atoms with Crippen molar-refractivity contribution in [3.05, 3.63) is 49.7 Å². The lowest BCUT2D eigenvalue weighted by Crippen LogP contribution is -2.28. The molecule has 0 fully saturated rings. The smallest absolute Gasteiger partial charge is 0.341 e. The van der Waals surface area contributed by atoms with Gasteiger partial charge in [0, 0.05) is 15.0 Å². The van der Waals surface area contributed by atoms with Gasteiger partial charge in [-0.2, -0.15) is 0 Å². The summed E-state index contributed by atoms with van der Waals surface area (Å²) in [5.41, 5.74) is 2.88. The van der Waals surface area contributed by atoms with E-state index in [1.54, 1.807) is 0 Å². The van der Waals surface area contributed by atoms with Gasteiger partial charge in [-0.1, -0.05) is 50.9 Å². The van der Waals surface area contributed by atoms with Crippen LogP contribution in [0.1, 0.15) is 69.6 Å². The number of methoxy groups -OCH3 is 1. The predicted octanol–water partition coefficient (Wildman–Crippen LogP) is 7.50. The fourth-order valence-corrected chi connectivity index (χ4v) is 7.25. The molecule has 1 aliphatic carbocycles. The molecule has 32 heavy (non-hydrogen) atoms. The summed E-state index contributed by atoms with van der Waals surface area (Å²) < 4.78 is 6.06. The summed E-state index contributed by atoms with van der Waals surface area (Å²) in [6.07, 6.45) is 3.88. The van der Waals surface area contributed by atoms with E-state index in [4.69, 9.17) is 16.3 Å². The number of carbonyl (C=O) groups is 2. The summed E-state index contributed by atoms with van der Waals surface area (Å²) in [4.78, 5) is 27.5. The molecule has 0 unspecified atom stereocenters. The van der Waals surface area contributed by atoms with Crippen LogP contribution in [0.2, 0.25) is 5.02 Å². The summed E-state index contributed by atoms with van der Waals surface area (Å²) in [5, 5.41) is 4.87. The van der Waals surface area contributed by atoms with E-state index in [1.807, 2.05) is 25.1 Å².